The average molecular weight is 497 g/mol. The van der Waals surface area contributed by atoms with Crippen molar-refractivity contribution in [2.45, 2.75) is 18.4 Å². The summed E-state index contributed by atoms with van der Waals surface area (Å²) in [5.41, 5.74) is 1.38. The molecule has 0 aliphatic carbocycles. The molecule has 10 heteroatoms. The van der Waals surface area contributed by atoms with Gasteiger partial charge in [-0.05, 0) is 48.0 Å². The number of carbonyl (C=O) groups is 1. The van der Waals surface area contributed by atoms with E-state index in [1.807, 2.05) is 30.3 Å². The topological polar surface area (TPSA) is 93.1 Å². The van der Waals surface area contributed by atoms with Crippen molar-refractivity contribution in [2.75, 3.05) is 11.9 Å². The highest BCUT2D eigenvalue weighted by Crippen LogP contribution is 2.29. The van der Waals surface area contributed by atoms with E-state index in [1.165, 1.54) is 30.6 Å². The number of hydrogen-bond acceptors (Lipinski definition) is 4. The molecule has 0 unspecified atom stereocenters. The molecule has 1 amide bonds. The molecule has 35 heavy (non-hydrogen) atoms. The van der Waals surface area contributed by atoms with Crippen LogP contribution in [0, 0.1) is 11.6 Å². The van der Waals surface area contributed by atoms with Crippen molar-refractivity contribution in [3.8, 4) is 11.3 Å². The number of anilines is 1. The average Bonchev–Trinajstić information content (AvgIpc) is 3.22. The maximum absolute atomic E-state index is 14.6. The minimum atomic E-state index is -3.90. The van der Waals surface area contributed by atoms with Crippen molar-refractivity contribution in [1.29, 1.82) is 0 Å². The van der Waals surface area contributed by atoms with Crippen LogP contribution >= 0.6 is 0 Å². The first-order chi connectivity index (χ1) is 16.8. The Morgan fingerprint density at radius 1 is 1.00 bits per heavy atom. The Morgan fingerprint density at radius 3 is 2.40 bits per heavy atom. The number of carbonyl (C=O) groups excluding carboxylic acids is 1. The number of amides is 1. The lowest BCUT2D eigenvalue weighted by Crippen LogP contribution is -2.24. The Hall–Kier alpha value is -3.89. The fourth-order valence-corrected chi connectivity index (χ4v) is 4.59. The summed E-state index contributed by atoms with van der Waals surface area (Å²) in [6.07, 6.45) is 1.52. The Labute approximate surface area is 201 Å². The van der Waals surface area contributed by atoms with E-state index >= 15 is 0 Å². The molecule has 0 fully saturated rings. The van der Waals surface area contributed by atoms with Gasteiger partial charge in [0.15, 0.2) is 0 Å². The summed E-state index contributed by atoms with van der Waals surface area (Å²) in [5, 5.41) is 2.67. The maximum atomic E-state index is 14.6. The van der Waals surface area contributed by atoms with Crippen LogP contribution in [0.25, 0.3) is 11.3 Å². The van der Waals surface area contributed by atoms with Gasteiger partial charge in [-0.15, -0.1) is 0 Å². The van der Waals surface area contributed by atoms with Crippen molar-refractivity contribution in [1.82, 2.24) is 14.3 Å². The monoisotopic (exact) mass is 496 g/mol. The van der Waals surface area contributed by atoms with Gasteiger partial charge in [0.2, 0.25) is 10.0 Å². The molecule has 0 spiro atoms. The molecule has 3 aromatic carbocycles. The standard InChI is InChI=1S/C25H22F2N4O3S/c1-2-29-35(33,34)20-12-13-22(27)21(14-20)25(32)30-24-23(18-8-10-19(26)11-9-18)28-16-31(24)15-17-6-4-3-5-7-17/h3-14,16,29H,2,15H2,1H3,(H,30,32). The molecule has 7 nitrogen and oxygen atoms in total. The van der Waals surface area contributed by atoms with Gasteiger partial charge in [0.25, 0.3) is 5.91 Å². The molecule has 1 heterocycles. The van der Waals surface area contributed by atoms with Crippen molar-refractivity contribution >= 4 is 21.7 Å². The third-order valence-electron chi connectivity index (χ3n) is 5.21. The first-order valence-corrected chi connectivity index (χ1v) is 12.2. The summed E-state index contributed by atoms with van der Waals surface area (Å²) >= 11 is 0. The predicted octanol–water partition coefficient (Wildman–Crippen LogP) is 4.43. The lowest BCUT2D eigenvalue weighted by atomic mass is 10.1. The van der Waals surface area contributed by atoms with E-state index in [1.54, 1.807) is 11.5 Å². The van der Waals surface area contributed by atoms with Crippen LogP contribution in [0.4, 0.5) is 14.6 Å². The van der Waals surface area contributed by atoms with E-state index in [9.17, 15) is 22.0 Å². The summed E-state index contributed by atoms with van der Waals surface area (Å²) in [5.74, 6) is -1.90. The molecule has 0 aliphatic heterocycles. The lowest BCUT2D eigenvalue weighted by Gasteiger charge is -2.13. The van der Waals surface area contributed by atoms with Crippen LogP contribution in [-0.4, -0.2) is 30.4 Å². The highest BCUT2D eigenvalue weighted by atomic mass is 32.2. The molecule has 0 aliphatic rings. The van der Waals surface area contributed by atoms with Gasteiger partial charge >= 0.3 is 0 Å². The fraction of sp³-hybridized carbons (Fsp3) is 0.120. The number of imidazole rings is 1. The molecule has 0 saturated carbocycles. The van der Waals surface area contributed by atoms with Crippen molar-refractivity contribution in [3.05, 3.63) is 102 Å². The molecule has 0 radical (unpaired) electrons. The zero-order valence-electron chi connectivity index (χ0n) is 18.7. The summed E-state index contributed by atoms with van der Waals surface area (Å²) in [7, 11) is -3.90. The summed E-state index contributed by atoms with van der Waals surface area (Å²) < 4.78 is 56.7. The number of nitrogens with zero attached hydrogens (tertiary/aromatic N) is 2. The highest BCUT2D eigenvalue weighted by Gasteiger charge is 2.22. The number of nitrogens with one attached hydrogen (secondary N) is 2. The zero-order chi connectivity index (χ0) is 25.0. The molecular formula is C25H22F2N4O3S. The van der Waals surface area contributed by atoms with Crippen LogP contribution in [-0.2, 0) is 16.6 Å². The minimum Gasteiger partial charge on any atom is -0.312 e. The number of benzene rings is 3. The van der Waals surface area contributed by atoms with Crippen LogP contribution in [0.3, 0.4) is 0 Å². The maximum Gasteiger partial charge on any atom is 0.259 e. The Kier molecular flexibility index (Phi) is 7.04. The normalized spacial score (nSPS) is 11.4. The van der Waals surface area contributed by atoms with Gasteiger partial charge in [-0.2, -0.15) is 0 Å². The molecule has 2 N–H and O–H groups in total. The fourth-order valence-electron chi connectivity index (χ4n) is 3.53. The van der Waals surface area contributed by atoms with Crippen LogP contribution in [0.15, 0.2) is 84.0 Å². The van der Waals surface area contributed by atoms with E-state index in [2.05, 4.69) is 15.0 Å². The highest BCUT2D eigenvalue weighted by molar-refractivity contribution is 7.89. The smallest absolute Gasteiger partial charge is 0.259 e. The summed E-state index contributed by atoms with van der Waals surface area (Å²) in [6, 6.07) is 18.0. The van der Waals surface area contributed by atoms with Gasteiger partial charge < -0.3 is 9.88 Å². The number of rotatable bonds is 8. The Balaban J connectivity index is 1.74. The predicted molar refractivity (Wildman–Crippen MR) is 128 cm³/mol. The number of sulfonamides is 1. The SMILES string of the molecule is CCNS(=O)(=O)c1ccc(F)c(C(=O)Nc2c(-c3ccc(F)cc3)ncn2Cc2ccccc2)c1. The zero-order valence-corrected chi connectivity index (χ0v) is 19.5. The van der Waals surface area contributed by atoms with Gasteiger partial charge in [-0.25, -0.2) is 26.9 Å². The second-order valence-electron chi connectivity index (χ2n) is 7.66. The van der Waals surface area contributed by atoms with Gasteiger partial charge in [0.1, 0.15) is 23.1 Å². The molecule has 4 rings (SSSR count). The van der Waals surface area contributed by atoms with E-state index in [0.29, 0.717) is 17.8 Å². The van der Waals surface area contributed by atoms with Gasteiger partial charge in [0, 0.05) is 12.1 Å². The second-order valence-corrected chi connectivity index (χ2v) is 9.43. The van der Waals surface area contributed by atoms with Crippen LogP contribution in [0.5, 0.6) is 0 Å². The third-order valence-corrected chi connectivity index (χ3v) is 6.75. The van der Waals surface area contributed by atoms with E-state index in [-0.39, 0.29) is 17.3 Å². The second kappa shape index (κ2) is 10.2. The molecule has 0 bridgehead atoms. The molecule has 1 aromatic heterocycles. The van der Waals surface area contributed by atoms with Crippen molar-refractivity contribution in [3.63, 3.8) is 0 Å². The Morgan fingerprint density at radius 2 is 1.71 bits per heavy atom. The number of hydrogen-bond donors (Lipinski definition) is 2. The first kappa shape index (κ1) is 24.2. The Bertz CT molecular complexity index is 1450. The number of halogens is 2. The van der Waals surface area contributed by atoms with Crippen LogP contribution in [0.1, 0.15) is 22.8 Å². The lowest BCUT2D eigenvalue weighted by molar-refractivity contribution is 0.102. The van der Waals surface area contributed by atoms with Gasteiger partial charge in [0.05, 0.1) is 23.3 Å². The molecule has 0 atom stereocenters. The summed E-state index contributed by atoms with van der Waals surface area (Å²) in [4.78, 5) is 17.3. The third kappa shape index (κ3) is 5.44. The molecule has 0 saturated heterocycles. The number of aromatic nitrogens is 2. The largest absolute Gasteiger partial charge is 0.312 e. The molecular weight excluding hydrogens is 474 g/mol. The van der Waals surface area contributed by atoms with Crippen LogP contribution < -0.4 is 10.0 Å². The quantitative estimate of drug-likeness (QED) is 0.378. The van der Waals surface area contributed by atoms with E-state index in [4.69, 9.17) is 0 Å². The van der Waals surface area contributed by atoms with Gasteiger partial charge in [-0.3, -0.25) is 4.79 Å². The van der Waals surface area contributed by atoms with Crippen molar-refractivity contribution < 1.29 is 22.0 Å². The summed E-state index contributed by atoms with van der Waals surface area (Å²) in [6.45, 7) is 2.10. The van der Waals surface area contributed by atoms with Crippen molar-refractivity contribution in [2.24, 2.45) is 0 Å². The molecule has 4 aromatic rings. The van der Waals surface area contributed by atoms with Crippen LogP contribution in [0.2, 0.25) is 0 Å². The first-order valence-electron chi connectivity index (χ1n) is 10.7. The minimum absolute atomic E-state index is 0.140. The van der Waals surface area contributed by atoms with E-state index in [0.717, 1.165) is 23.8 Å². The van der Waals surface area contributed by atoms with Gasteiger partial charge in [-0.1, -0.05) is 37.3 Å². The molecule has 180 valence electrons. The van der Waals surface area contributed by atoms with E-state index < -0.39 is 33.1 Å².